The third kappa shape index (κ3) is 3.36. The van der Waals surface area contributed by atoms with Crippen LogP contribution in [-0.2, 0) is 13.2 Å². The highest BCUT2D eigenvalue weighted by Gasteiger charge is 2.06. The number of hydrogen-bond acceptors (Lipinski definition) is 2. The van der Waals surface area contributed by atoms with Crippen molar-refractivity contribution in [3.8, 4) is 5.75 Å². The van der Waals surface area contributed by atoms with Crippen molar-refractivity contribution in [2.75, 3.05) is 0 Å². The minimum Gasteiger partial charge on any atom is -0.489 e. The molecule has 2 aromatic rings. The van der Waals surface area contributed by atoms with E-state index in [0.29, 0.717) is 13.2 Å². The number of benzene rings is 2. The highest BCUT2D eigenvalue weighted by molar-refractivity contribution is 5.42. The Kier molecular flexibility index (Phi) is 4.40. The van der Waals surface area contributed by atoms with Crippen molar-refractivity contribution in [1.29, 1.82) is 0 Å². The number of nitrogens with two attached hydrogens (primary N) is 1. The van der Waals surface area contributed by atoms with Gasteiger partial charge in [-0.2, -0.15) is 0 Å². The van der Waals surface area contributed by atoms with Crippen LogP contribution in [0.4, 0.5) is 4.39 Å². The summed E-state index contributed by atoms with van der Waals surface area (Å²) in [4.78, 5) is 0. The molecule has 0 spiro atoms. The van der Waals surface area contributed by atoms with Crippen molar-refractivity contribution in [2.45, 2.75) is 33.9 Å². The Labute approximate surface area is 119 Å². The number of aryl methyl sites for hydroxylation is 2. The Hall–Kier alpha value is -1.87. The summed E-state index contributed by atoms with van der Waals surface area (Å²) in [5.41, 5.74) is 10.6. The molecule has 0 aliphatic carbocycles. The van der Waals surface area contributed by atoms with E-state index in [9.17, 15) is 4.39 Å². The van der Waals surface area contributed by atoms with Gasteiger partial charge >= 0.3 is 0 Å². The third-order valence-electron chi connectivity index (χ3n) is 3.41. The molecule has 2 N–H and O–H groups in total. The van der Waals surface area contributed by atoms with Crippen molar-refractivity contribution < 1.29 is 9.13 Å². The number of rotatable bonds is 4. The van der Waals surface area contributed by atoms with E-state index in [1.165, 1.54) is 17.7 Å². The van der Waals surface area contributed by atoms with E-state index in [1.54, 1.807) is 0 Å². The van der Waals surface area contributed by atoms with E-state index in [0.717, 1.165) is 28.0 Å². The molecule has 0 bridgehead atoms. The number of halogens is 1. The van der Waals surface area contributed by atoms with Crippen LogP contribution in [0.15, 0.2) is 30.3 Å². The normalized spacial score (nSPS) is 10.7. The zero-order chi connectivity index (χ0) is 14.7. The second kappa shape index (κ2) is 6.06. The Morgan fingerprint density at radius 2 is 1.70 bits per heavy atom. The topological polar surface area (TPSA) is 35.2 Å². The van der Waals surface area contributed by atoms with Gasteiger partial charge in [0.05, 0.1) is 0 Å². The smallest absolute Gasteiger partial charge is 0.123 e. The lowest BCUT2D eigenvalue weighted by molar-refractivity contribution is 0.303. The lowest BCUT2D eigenvalue weighted by Crippen LogP contribution is -2.02. The fourth-order valence-corrected chi connectivity index (χ4v) is 2.23. The van der Waals surface area contributed by atoms with Crippen LogP contribution in [0.1, 0.15) is 27.8 Å². The highest BCUT2D eigenvalue weighted by Crippen LogP contribution is 2.24. The van der Waals surface area contributed by atoms with Gasteiger partial charge in [0.15, 0.2) is 0 Å². The molecule has 0 unspecified atom stereocenters. The summed E-state index contributed by atoms with van der Waals surface area (Å²) in [7, 11) is 0. The Balaban J connectivity index is 2.19. The molecular formula is C17H20FNO. The monoisotopic (exact) mass is 273 g/mol. The van der Waals surface area contributed by atoms with Gasteiger partial charge in [-0.3, -0.25) is 0 Å². The average molecular weight is 273 g/mol. The number of ether oxygens (including phenoxy) is 1. The molecule has 106 valence electrons. The van der Waals surface area contributed by atoms with E-state index < -0.39 is 0 Å². The molecule has 3 heteroatoms. The largest absolute Gasteiger partial charge is 0.489 e. The van der Waals surface area contributed by atoms with Crippen LogP contribution in [-0.4, -0.2) is 0 Å². The minimum atomic E-state index is -0.274. The molecule has 2 aromatic carbocycles. The summed E-state index contributed by atoms with van der Waals surface area (Å²) >= 11 is 0. The van der Waals surface area contributed by atoms with Crippen molar-refractivity contribution in [2.24, 2.45) is 5.73 Å². The summed E-state index contributed by atoms with van der Waals surface area (Å²) in [6.07, 6.45) is 0. The molecule has 0 saturated heterocycles. The molecule has 0 radical (unpaired) electrons. The zero-order valence-corrected chi connectivity index (χ0v) is 12.2. The minimum absolute atomic E-state index is 0.274. The zero-order valence-electron chi connectivity index (χ0n) is 12.2. The first-order chi connectivity index (χ1) is 9.49. The lowest BCUT2D eigenvalue weighted by atomic mass is 10.1. The predicted molar refractivity (Wildman–Crippen MR) is 79.3 cm³/mol. The van der Waals surface area contributed by atoms with Gasteiger partial charge in [-0.25, -0.2) is 4.39 Å². The Bertz CT molecular complexity index is 623. The first-order valence-corrected chi connectivity index (χ1v) is 6.68. The number of hydrogen-bond donors (Lipinski definition) is 1. The summed E-state index contributed by atoms with van der Waals surface area (Å²) in [6.45, 7) is 6.79. The molecule has 0 aliphatic rings. The molecule has 0 aliphatic heterocycles. The van der Waals surface area contributed by atoms with Crippen molar-refractivity contribution in [1.82, 2.24) is 0 Å². The quantitative estimate of drug-likeness (QED) is 0.920. The van der Waals surface area contributed by atoms with Crippen molar-refractivity contribution >= 4 is 0 Å². The predicted octanol–water partition coefficient (Wildman–Crippen LogP) is 3.79. The van der Waals surface area contributed by atoms with E-state index in [-0.39, 0.29) is 5.82 Å². The van der Waals surface area contributed by atoms with Gasteiger partial charge < -0.3 is 10.5 Å². The van der Waals surface area contributed by atoms with Crippen LogP contribution in [0.5, 0.6) is 5.75 Å². The summed E-state index contributed by atoms with van der Waals surface area (Å²) in [5, 5.41) is 0. The van der Waals surface area contributed by atoms with Gasteiger partial charge in [0.2, 0.25) is 0 Å². The molecule has 0 aromatic heterocycles. The summed E-state index contributed by atoms with van der Waals surface area (Å²) in [6, 6.07) is 8.94. The van der Waals surface area contributed by atoms with Gasteiger partial charge in [-0.05, 0) is 66.8 Å². The van der Waals surface area contributed by atoms with Crippen LogP contribution >= 0.6 is 0 Å². The molecule has 0 atom stereocenters. The molecular weight excluding hydrogens is 253 g/mol. The Morgan fingerprint density at radius 3 is 2.40 bits per heavy atom. The van der Waals surface area contributed by atoms with Crippen LogP contribution in [0.25, 0.3) is 0 Å². The van der Waals surface area contributed by atoms with Crippen molar-refractivity contribution in [3.05, 3.63) is 64.0 Å². The first kappa shape index (κ1) is 14.5. The maximum absolute atomic E-state index is 13.4. The first-order valence-electron chi connectivity index (χ1n) is 6.68. The fraction of sp³-hybridized carbons (Fsp3) is 0.294. The molecule has 2 nitrogen and oxygen atoms in total. The van der Waals surface area contributed by atoms with Gasteiger partial charge in [0, 0.05) is 6.54 Å². The third-order valence-corrected chi connectivity index (χ3v) is 3.41. The molecule has 0 saturated carbocycles. The average Bonchev–Trinajstić information content (AvgIpc) is 2.40. The van der Waals surface area contributed by atoms with Gasteiger partial charge in [0.1, 0.15) is 18.2 Å². The summed E-state index contributed by atoms with van der Waals surface area (Å²) < 4.78 is 19.3. The maximum Gasteiger partial charge on any atom is 0.123 e. The second-order valence-electron chi connectivity index (χ2n) is 5.17. The standard InChI is InChI=1S/C17H20FNO/c1-11-4-12(2)13(3)17(5-11)20-10-15-6-14(9-19)7-16(18)8-15/h4-8H,9-10,19H2,1-3H3. The molecule has 0 amide bonds. The van der Waals surface area contributed by atoms with E-state index in [4.69, 9.17) is 10.5 Å². The van der Waals surface area contributed by atoms with Crippen LogP contribution < -0.4 is 10.5 Å². The molecule has 0 heterocycles. The molecule has 20 heavy (non-hydrogen) atoms. The summed E-state index contributed by atoms with van der Waals surface area (Å²) in [5.74, 6) is 0.574. The molecule has 0 fully saturated rings. The van der Waals surface area contributed by atoms with E-state index in [2.05, 4.69) is 13.0 Å². The van der Waals surface area contributed by atoms with E-state index in [1.807, 2.05) is 26.0 Å². The Morgan fingerprint density at radius 1 is 1.00 bits per heavy atom. The van der Waals surface area contributed by atoms with Gasteiger partial charge in [-0.1, -0.05) is 12.1 Å². The van der Waals surface area contributed by atoms with Gasteiger partial charge in [0.25, 0.3) is 0 Å². The van der Waals surface area contributed by atoms with E-state index >= 15 is 0 Å². The van der Waals surface area contributed by atoms with Crippen LogP contribution in [0, 0.1) is 26.6 Å². The van der Waals surface area contributed by atoms with Gasteiger partial charge in [-0.15, -0.1) is 0 Å². The SMILES string of the molecule is Cc1cc(C)c(C)c(OCc2cc(F)cc(CN)c2)c1. The lowest BCUT2D eigenvalue weighted by Gasteiger charge is -2.13. The van der Waals surface area contributed by atoms with Crippen LogP contribution in [0.2, 0.25) is 0 Å². The fourth-order valence-electron chi connectivity index (χ4n) is 2.23. The maximum atomic E-state index is 13.4. The highest BCUT2D eigenvalue weighted by atomic mass is 19.1. The van der Waals surface area contributed by atoms with Crippen molar-refractivity contribution in [3.63, 3.8) is 0 Å². The second-order valence-corrected chi connectivity index (χ2v) is 5.17. The molecule has 2 rings (SSSR count). The van der Waals surface area contributed by atoms with Crippen LogP contribution in [0.3, 0.4) is 0 Å².